The first kappa shape index (κ1) is 18.9. The zero-order chi connectivity index (χ0) is 19.2. The average molecular weight is 400 g/mol. The quantitative estimate of drug-likeness (QED) is 0.480. The van der Waals surface area contributed by atoms with E-state index < -0.39 is 11.9 Å². The van der Waals surface area contributed by atoms with Gasteiger partial charge in [0, 0.05) is 33.3 Å². The molecule has 3 rings (SSSR count). The summed E-state index contributed by atoms with van der Waals surface area (Å²) in [6.45, 7) is 1.98. The molecule has 1 amide bonds. The molecular weight excluding hydrogens is 384 g/mol. The predicted octanol–water partition coefficient (Wildman–Crippen LogP) is 3.70. The number of carbonyl (C=O) groups is 2. The molecule has 0 aliphatic carbocycles. The van der Waals surface area contributed by atoms with E-state index in [9.17, 15) is 9.59 Å². The average Bonchev–Trinajstić information content (AvgIpc) is 3.13. The number of nitrogens with zero attached hydrogens (tertiary/aromatic N) is 2. The molecule has 0 aliphatic rings. The molecule has 0 radical (unpaired) electrons. The largest absolute Gasteiger partial charge is 0.461 e. The highest BCUT2D eigenvalue weighted by Gasteiger charge is 2.16. The van der Waals surface area contributed by atoms with Crippen molar-refractivity contribution in [2.24, 2.45) is 0 Å². The summed E-state index contributed by atoms with van der Waals surface area (Å²) in [5.41, 5.74) is 6.81. The van der Waals surface area contributed by atoms with E-state index in [-0.39, 0.29) is 12.3 Å². The molecule has 0 atom stereocenters. The molecule has 1 aromatic carbocycles. The molecule has 27 heavy (non-hydrogen) atoms. The Morgan fingerprint density at radius 3 is 2.74 bits per heavy atom. The van der Waals surface area contributed by atoms with E-state index in [2.05, 4.69) is 15.3 Å². The van der Waals surface area contributed by atoms with Gasteiger partial charge in [-0.3, -0.25) is 15.1 Å². The van der Waals surface area contributed by atoms with Crippen LogP contribution in [-0.2, 0) is 4.74 Å². The van der Waals surface area contributed by atoms with Gasteiger partial charge in [0.15, 0.2) is 10.8 Å². The first-order valence-electron chi connectivity index (χ1n) is 7.98. The zero-order valence-electron chi connectivity index (χ0n) is 14.3. The number of aromatic nitrogens is 2. The standard InChI is InChI=1S/C18H16N4O3S2/c1-2-25-17(24)15-10-26-18(21-15)22-16(23)13-9-12(3-4-14(13)19)27-11-5-7-20-8-6-11/h3-10H,2,19H2,1H3,(H,21,22,23). The Morgan fingerprint density at radius 1 is 1.22 bits per heavy atom. The van der Waals surface area contributed by atoms with Gasteiger partial charge in [0.25, 0.3) is 5.91 Å². The Labute approximate surface area is 164 Å². The zero-order valence-corrected chi connectivity index (χ0v) is 16.0. The Balaban J connectivity index is 1.74. The molecule has 0 bridgehead atoms. The van der Waals surface area contributed by atoms with Crippen LogP contribution in [0.5, 0.6) is 0 Å². The molecule has 3 aromatic rings. The number of amides is 1. The first-order valence-corrected chi connectivity index (χ1v) is 9.68. The maximum atomic E-state index is 12.6. The highest BCUT2D eigenvalue weighted by molar-refractivity contribution is 7.99. The van der Waals surface area contributed by atoms with Crippen LogP contribution in [0.4, 0.5) is 10.8 Å². The first-order chi connectivity index (χ1) is 13.1. The SMILES string of the molecule is CCOC(=O)c1csc(NC(=O)c2cc(Sc3ccncc3)ccc2N)n1. The number of nitrogen functional groups attached to an aromatic ring is 1. The van der Waals surface area contributed by atoms with Gasteiger partial charge in [0.05, 0.1) is 12.2 Å². The smallest absolute Gasteiger partial charge is 0.357 e. The van der Waals surface area contributed by atoms with E-state index in [0.717, 1.165) is 21.1 Å². The highest BCUT2D eigenvalue weighted by Crippen LogP contribution is 2.30. The number of nitrogens with one attached hydrogen (secondary N) is 1. The van der Waals surface area contributed by atoms with Crippen molar-refractivity contribution in [1.82, 2.24) is 9.97 Å². The van der Waals surface area contributed by atoms with Crippen molar-refractivity contribution in [3.05, 3.63) is 59.4 Å². The summed E-state index contributed by atoms with van der Waals surface area (Å²) in [4.78, 5) is 34.2. The summed E-state index contributed by atoms with van der Waals surface area (Å²) >= 11 is 2.64. The van der Waals surface area contributed by atoms with Crippen LogP contribution in [-0.4, -0.2) is 28.5 Å². The van der Waals surface area contributed by atoms with Crippen LogP contribution in [0, 0.1) is 0 Å². The summed E-state index contributed by atoms with van der Waals surface area (Å²) in [5.74, 6) is -0.918. The number of anilines is 2. The predicted molar refractivity (Wildman–Crippen MR) is 105 cm³/mol. The summed E-state index contributed by atoms with van der Waals surface area (Å²) in [6.07, 6.45) is 3.41. The number of esters is 1. The molecule has 0 fully saturated rings. The summed E-state index contributed by atoms with van der Waals surface area (Å²) in [5, 5.41) is 4.50. The van der Waals surface area contributed by atoms with Crippen LogP contribution in [0.1, 0.15) is 27.8 Å². The molecule has 2 heterocycles. The minimum Gasteiger partial charge on any atom is -0.461 e. The van der Waals surface area contributed by atoms with Crippen molar-refractivity contribution in [2.75, 3.05) is 17.7 Å². The molecule has 9 heteroatoms. The van der Waals surface area contributed by atoms with Crippen molar-refractivity contribution in [3.8, 4) is 0 Å². The second-order valence-electron chi connectivity index (χ2n) is 5.25. The summed E-state index contributed by atoms with van der Waals surface area (Å²) in [6, 6.07) is 9.01. The lowest BCUT2D eigenvalue weighted by molar-refractivity contribution is 0.0520. The Morgan fingerprint density at radius 2 is 2.00 bits per heavy atom. The van der Waals surface area contributed by atoms with Crippen LogP contribution in [0.2, 0.25) is 0 Å². The van der Waals surface area contributed by atoms with Gasteiger partial charge < -0.3 is 10.5 Å². The lowest BCUT2D eigenvalue weighted by atomic mass is 10.1. The topological polar surface area (TPSA) is 107 Å². The molecule has 0 unspecified atom stereocenters. The maximum Gasteiger partial charge on any atom is 0.357 e. The fourth-order valence-electron chi connectivity index (χ4n) is 2.13. The van der Waals surface area contributed by atoms with Gasteiger partial charge in [-0.1, -0.05) is 11.8 Å². The number of carbonyl (C=O) groups excluding carboxylic acids is 2. The number of benzene rings is 1. The fourth-order valence-corrected chi connectivity index (χ4v) is 3.65. The van der Waals surface area contributed by atoms with E-state index in [0.29, 0.717) is 16.4 Å². The number of rotatable bonds is 6. The van der Waals surface area contributed by atoms with E-state index in [1.165, 1.54) is 17.1 Å². The second kappa shape index (κ2) is 8.65. The molecule has 0 saturated carbocycles. The lowest BCUT2D eigenvalue weighted by Gasteiger charge is -2.08. The van der Waals surface area contributed by atoms with Crippen LogP contribution in [0.15, 0.2) is 57.9 Å². The number of pyridine rings is 1. The number of ether oxygens (including phenoxy) is 1. The fraction of sp³-hybridized carbons (Fsp3) is 0.111. The minimum absolute atomic E-state index is 0.159. The number of nitrogens with two attached hydrogens (primary N) is 1. The van der Waals surface area contributed by atoms with Gasteiger partial charge in [-0.15, -0.1) is 11.3 Å². The van der Waals surface area contributed by atoms with Crippen molar-refractivity contribution in [1.29, 1.82) is 0 Å². The maximum absolute atomic E-state index is 12.6. The van der Waals surface area contributed by atoms with Crippen molar-refractivity contribution in [2.45, 2.75) is 16.7 Å². The normalized spacial score (nSPS) is 10.4. The van der Waals surface area contributed by atoms with Gasteiger partial charge in [0.1, 0.15) is 0 Å². The molecule has 138 valence electrons. The monoisotopic (exact) mass is 400 g/mol. The number of hydrogen-bond acceptors (Lipinski definition) is 8. The van der Waals surface area contributed by atoms with E-state index in [1.54, 1.807) is 31.5 Å². The van der Waals surface area contributed by atoms with E-state index in [1.807, 2.05) is 18.2 Å². The summed E-state index contributed by atoms with van der Waals surface area (Å²) in [7, 11) is 0. The lowest BCUT2D eigenvalue weighted by Crippen LogP contribution is -2.14. The Kier molecular flexibility index (Phi) is 6.05. The third-order valence-electron chi connectivity index (χ3n) is 3.36. The molecule has 2 aromatic heterocycles. The van der Waals surface area contributed by atoms with Crippen LogP contribution < -0.4 is 11.1 Å². The second-order valence-corrected chi connectivity index (χ2v) is 7.25. The van der Waals surface area contributed by atoms with Gasteiger partial charge in [-0.05, 0) is 37.3 Å². The van der Waals surface area contributed by atoms with Crippen LogP contribution in [0.25, 0.3) is 0 Å². The van der Waals surface area contributed by atoms with Crippen molar-refractivity contribution in [3.63, 3.8) is 0 Å². The molecule has 0 spiro atoms. The van der Waals surface area contributed by atoms with Crippen molar-refractivity contribution >= 4 is 45.8 Å². The third kappa shape index (κ3) is 4.83. The highest BCUT2D eigenvalue weighted by atomic mass is 32.2. The molecule has 0 saturated heterocycles. The Hall–Kier alpha value is -2.91. The minimum atomic E-state index is -0.524. The molecule has 0 aliphatic heterocycles. The van der Waals surface area contributed by atoms with E-state index in [4.69, 9.17) is 10.5 Å². The van der Waals surface area contributed by atoms with Gasteiger partial charge in [0.2, 0.25) is 0 Å². The number of thiazole rings is 1. The van der Waals surface area contributed by atoms with Gasteiger partial charge in [-0.2, -0.15) is 0 Å². The van der Waals surface area contributed by atoms with Crippen LogP contribution >= 0.6 is 23.1 Å². The van der Waals surface area contributed by atoms with Gasteiger partial charge >= 0.3 is 5.97 Å². The van der Waals surface area contributed by atoms with Crippen molar-refractivity contribution < 1.29 is 14.3 Å². The Bertz CT molecular complexity index is 960. The van der Waals surface area contributed by atoms with E-state index >= 15 is 0 Å². The van der Waals surface area contributed by atoms with Gasteiger partial charge in [-0.25, -0.2) is 9.78 Å². The molecule has 3 N–H and O–H groups in total. The third-order valence-corrected chi connectivity index (χ3v) is 5.12. The number of hydrogen-bond donors (Lipinski definition) is 2. The molecule has 7 nitrogen and oxygen atoms in total. The molecular formula is C18H16N4O3S2. The summed E-state index contributed by atoms with van der Waals surface area (Å²) < 4.78 is 4.89. The van der Waals surface area contributed by atoms with Crippen LogP contribution in [0.3, 0.4) is 0 Å².